The Kier molecular flexibility index (Phi) is 5.93. The van der Waals surface area contributed by atoms with Crippen LogP contribution >= 0.6 is 27.3 Å². The molecular formula is C16H21BrN2OS. The second-order valence-electron chi connectivity index (χ2n) is 5.03. The molecule has 0 saturated carbocycles. The molecule has 0 fully saturated rings. The third-order valence-corrected chi connectivity index (χ3v) is 5.68. The highest BCUT2D eigenvalue weighted by atomic mass is 79.9. The van der Waals surface area contributed by atoms with Crippen molar-refractivity contribution in [2.75, 3.05) is 13.7 Å². The molecule has 114 valence electrons. The van der Waals surface area contributed by atoms with E-state index in [1.54, 1.807) is 18.4 Å². The van der Waals surface area contributed by atoms with Crippen LogP contribution < -0.4 is 5.32 Å². The molecule has 1 N–H and O–H groups in total. The van der Waals surface area contributed by atoms with Crippen LogP contribution in [0.25, 0.3) is 10.6 Å². The number of nitrogens with one attached hydrogen (secondary N) is 1. The predicted octanol–water partition coefficient (Wildman–Crippen LogP) is 4.45. The molecule has 2 aromatic rings. The maximum atomic E-state index is 5.27. The van der Waals surface area contributed by atoms with Crippen molar-refractivity contribution in [3.8, 4) is 10.6 Å². The van der Waals surface area contributed by atoms with Gasteiger partial charge in [-0.3, -0.25) is 0 Å². The molecule has 1 heterocycles. The topological polar surface area (TPSA) is 34.2 Å². The number of benzene rings is 1. The lowest BCUT2D eigenvalue weighted by Gasteiger charge is -2.05. The highest BCUT2D eigenvalue weighted by Crippen LogP contribution is 2.32. The molecule has 1 aromatic heterocycles. The van der Waals surface area contributed by atoms with Crippen molar-refractivity contribution in [1.29, 1.82) is 0 Å². The third kappa shape index (κ3) is 3.92. The molecular weight excluding hydrogens is 348 g/mol. The van der Waals surface area contributed by atoms with Crippen molar-refractivity contribution in [2.45, 2.75) is 33.9 Å². The zero-order valence-corrected chi connectivity index (χ0v) is 15.3. The first-order valence-corrected chi connectivity index (χ1v) is 8.63. The van der Waals surface area contributed by atoms with E-state index in [9.17, 15) is 0 Å². The van der Waals surface area contributed by atoms with Crippen molar-refractivity contribution >= 4 is 27.3 Å². The Morgan fingerprint density at radius 2 is 1.95 bits per heavy atom. The molecule has 0 radical (unpaired) electrons. The van der Waals surface area contributed by atoms with Gasteiger partial charge in [-0.1, -0.05) is 22.9 Å². The minimum absolute atomic E-state index is 0.561. The molecule has 21 heavy (non-hydrogen) atoms. The summed E-state index contributed by atoms with van der Waals surface area (Å²) in [4.78, 5) is 6.03. The summed E-state index contributed by atoms with van der Waals surface area (Å²) in [5, 5.41) is 4.43. The molecule has 0 aliphatic heterocycles. The Labute approximate surface area is 138 Å². The molecule has 0 amide bonds. The average molecular weight is 369 g/mol. The number of nitrogens with zero attached hydrogens (tertiary/aromatic N) is 1. The van der Waals surface area contributed by atoms with Crippen molar-refractivity contribution in [2.24, 2.45) is 0 Å². The Bertz CT molecular complexity index is 602. The lowest BCUT2D eigenvalue weighted by molar-refractivity contribution is 0.181. The van der Waals surface area contributed by atoms with E-state index >= 15 is 0 Å². The maximum absolute atomic E-state index is 5.27. The molecule has 0 saturated heterocycles. The highest BCUT2D eigenvalue weighted by molar-refractivity contribution is 9.10. The van der Waals surface area contributed by atoms with E-state index < -0.39 is 0 Å². The molecule has 0 bridgehead atoms. The monoisotopic (exact) mass is 368 g/mol. The SMILES string of the molecule is CCNCc1sc(-c2cc(C)c(Br)c(C)c2)nc1COC. The number of halogens is 1. The van der Waals surface area contributed by atoms with E-state index in [-0.39, 0.29) is 0 Å². The third-order valence-electron chi connectivity index (χ3n) is 3.28. The summed E-state index contributed by atoms with van der Waals surface area (Å²) < 4.78 is 6.45. The Morgan fingerprint density at radius 1 is 1.29 bits per heavy atom. The molecule has 2 rings (SSSR count). The first-order valence-electron chi connectivity index (χ1n) is 7.02. The van der Waals surface area contributed by atoms with E-state index in [1.165, 1.54) is 26.0 Å². The van der Waals surface area contributed by atoms with E-state index in [0.717, 1.165) is 23.8 Å². The molecule has 0 aliphatic carbocycles. The van der Waals surface area contributed by atoms with Gasteiger partial charge in [0, 0.05) is 28.6 Å². The Hall–Kier alpha value is -0.750. The number of rotatable bonds is 6. The smallest absolute Gasteiger partial charge is 0.124 e. The minimum atomic E-state index is 0.561. The highest BCUT2D eigenvalue weighted by Gasteiger charge is 2.13. The second kappa shape index (κ2) is 7.49. The molecule has 1 aromatic carbocycles. The van der Waals surface area contributed by atoms with Gasteiger partial charge in [-0.05, 0) is 43.7 Å². The number of methoxy groups -OCH3 is 1. The van der Waals surface area contributed by atoms with Gasteiger partial charge in [-0.2, -0.15) is 0 Å². The van der Waals surface area contributed by atoms with Crippen molar-refractivity contribution in [3.63, 3.8) is 0 Å². The fraction of sp³-hybridized carbons (Fsp3) is 0.438. The van der Waals surface area contributed by atoms with E-state index in [2.05, 4.69) is 54.2 Å². The first-order chi connectivity index (χ1) is 10.1. The van der Waals surface area contributed by atoms with Gasteiger partial charge in [-0.15, -0.1) is 11.3 Å². The molecule has 0 atom stereocenters. The van der Waals surface area contributed by atoms with Crippen LogP contribution in [0.1, 0.15) is 28.6 Å². The standard InChI is InChI=1S/C16H21BrN2OS/c1-5-18-8-14-13(9-20-4)19-16(21-14)12-6-10(2)15(17)11(3)7-12/h6-7,18H,5,8-9H2,1-4H3. The van der Waals surface area contributed by atoms with Crippen LogP contribution in [-0.4, -0.2) is 18.6 Å². The summed E-state index contributed by atoms with van der Waals surface area (Å²) >= 11 is 5.36. The fourth-order valence-corrected chi connectivity index (χ4v) is 3.45. The number of ether oxygens (including phenoxy) is 1. The largest absolute Gasteiger partial charge is 0.378 e. The summed E-state index contributed by atoms with van der Waals surface area (Å²) in [6, 6.07) is 4.37. The molecule has 0 spiro atoms. The molecule has 0 unspecified atom stereocenters. The number of thiazole rings is 1. The first kappa shape index (κ1) is 16.6. The van der Waals surface area contributed by atoms with E-state index in [1.807, 2.05) is 0 Å². The van der Waals surface area contributed by atoms with E-state index in [4.69, 9.17) is 9.72 Å². The molecule has 5 heteroatoms. The number of hydrogen-bond donors (Lipinski definition) is 1. The van der Waals surface area contributed by atoms with Crippen LogP contribution in [-0.2, 0) is 17.9 Å². The van der Waals surface area contributed by atoms with Gasteiger partial charge in [0.1, 0.15) is 5.01 Å². The molecule has 0 aliphatic rings. The van der Waals surface area contributed by atoms with Crippen molar-refractivity contribution in [1.82, 2.24) is 10.3 Å². The van der Waals surface area contributed by atoms with Crippen molar-refractivity contribution in [3.05, 3.63) is 38.3 Å². The van der Waals surface area contributed by atoms with Gasteiger partial charge >= 0.3 is 0 Å². The van der Waals surface area contributed by atoms with Crippen molar-refractivity contribution < 1.29 is 4.74 Å². The zero-order chi connectivity index (χ0) is 15.4. The number of hydrogen-bond acceptors (Lipinski definition) is 4. The summed E-state index contributed by atoms with van der Waals surface area (Å²) in [5.41, 5.74) is 4.69. The number of aromatic nitrogens is 1. The average Bonchev–Trinajstić information content (AvgIpc) is 2.85. The zero-order valence-electron chi connectivity index (χ0n) is 12.9. The number of aryl methyl sites for hydroxylation is 2. The van der Waals surface area contributed by atoms with Crippen LogP contribution in [0.15, 0.2) is 16.6 Å². The quantitative estimate of drug-likeness (QED) is 0.817. The van der Waals surface area contributed by atoms with E-state index in [0.29, 0.717) is 6.61 Å². The Balaban J connectivity index is 2.39. The van der Waals surface area contributed by atoms with Crippen LogP contribution in [0.5, 0.6) is 0 Å². The fourth-order valence-electron chi connectivity index (χ4n) is 2.20. The minimum Gasteiger partial charge on any atom is -0.378 e. The predicted molar refractivity (Wildman–Crippen MR) is 92.8 cm³/mol. The summed E-state index contributed by atoms with van der Waals surface area (Å²) in [5.74, 6) is 0. The second-order valence-corrected chi connectivity index (χ2v) is 6.90. The molecule has 3 nitrogen and oxygen atoms in total. The maximum Gasteiger partial charge on any atom is 0.124 e. The van der Waals surface area contributed by atoms with Gasteiger partial charge in [0.2, 0.25) is 0 Å². The summed E-state index contributed by atoms with van der Waals surface area (Å²) in [7, 11) is 1.71. The van der Waals surface area contributed by atoms with Gasteiger partial charge in [0.15, 0.2) is 0 Å². The van der Waals surface area contributed by atoms with Crippen LogP contribution in [0.2, 0.25) is 0 Å². The van der Waals surface area contributed by atoms with Gasteiger partial charge < -0.3 is 10.1 Å². The summed E-state index contributed by atoms with van der Waals surface area (Å²) in [6.07, 6.45) is 0. The van der Waals surface area contributed by atoms with Gasteiger partial charge in [0.05, 0.1) is 12.3 Å². The van der Waals surface area contributed by atoms with Gasteiger partial charge in [-0.25, -0.2) is 4.98 Å². The lowest BCUT2D eigenvalue weighted by Crippen LogP contribution is -2.12. The normalized spacial score (nSPS) is 11.1. The van der Waals surface area contributed by atoms with Gasteiger partial charge in [0.25, 0.3) is 0 Å². The summed E-state index contributed by atoms with van der Waals surface area (Å²) in [6.45, 7) is 8.70. The Morgan fingerprint density at radius 3 is 2.52 bits per heavy atom. The van der Waals surface area contributed by atoms with Crippen LogP contribution in [0.3, 0.4) is 0 Å². The van der Waals surface area contributed by atoms with Crippen LogP contribution in [0.4, 0.5) is 0 Å². The van der Waals surface area contributed by atoms with Crippen LogP contribution in [0, 0.1) is 13.8 Å². The lowest BCUT2D eigenvalue weighted by atomic mass is 10.1.